The Morgan fingerprint density at radius 3 is 2.85 bits per heavy atom. The Labute approximate surface area is 122 Å². The van der Waals surface area contributed by atoms with Gasteiger partial charge in [0.25, 0.3) is 0 Å². The first kappa shape index (κ1) is 12.1. The molecular weight excluding hydrogens is 272 g/mol. The monoisotopic (exact) mass is 286 g/mol. The fourth-order valence-electron chi connectivity index (χ4n) is 2.92. The molecule has 2 aliphatic rings. The number of hydrogen-bond donors (Lipinski definition) is 1. The van der Waals surface area contributed by atoms with Gasteiger partial charge in [-0.05, 0) is 17.5 Å². The lowest BCUT2D eigenvalue weighted by Crippen LogP contribution is -2.32. The van der Waals surface area contributed by atoms with Crippen molar-refractivity contribution in [2.24, 2.45) is 0 Å². The second-order valence-electron chi connectivity index (χ2n) is 5.28. The number of aromatic nitrogens is 2. The molecule has 5 heteroatoms. The molecule has 0 unspecified atom stereocenters. The van der Waals surface area contributed by atoms with Gasteiger partial charge >= 0.3 is 0 Å². The van der Waals surface area contributed by atoms with Gasteiger partial charge in [-0.15, -0.1) is 0 Å². The van der Waals surface area contributed by atoms with Crippen LogP contribution in [0.2, 0.25) is 5.15 Å². The van der Waals surface area contributed by atoms with Gasteiger partial charge in [-0.3, -0.25) is 0 Å². The molecule has 1 aromatic carbocycles. The van der Waals surface area contributed by atoms with Gasteiger partial charge in [-0.2, -0.15) is 0 Å². The zero-order valence-electron chi connectivity index (χ0n) is 11.1. The zero-order chi connectivity index (χ0) is 13.5. The predicted octanol–water partition coefficient (Wildman–Crippen LogP) is 2.30. The smallest absolute Gasteiger partial charge is 0.227 e. The summed E-state index contributed by atoms with van der Waals surface area (Å²) in [4.78, 5) is 11.4. The molecule has 0 saturated carbocycles. The Kier molecular flexibility index (Phi) is 2.86. The number of rotatable bonds is 1. The molecule has 4 nitrogen and oxygen atoms in total. The van der Waals surface area contributed by atoms with Gasteiger partial charge in [0.05, 0.1) is 5.69 Å². The highest BCUT2D eigenvalue weighted by Crippen LogP contribution is 2.27. The average molecular weight is 287 g/mol. The predicted molar refractivity (Wildman–Crippen MR) is 78.8 cm³/mol. The molecule has 20 heavy (non-hydrogen) atoms. The first-order valence-electron chi connectivity index (χ1n) is 6.89. The maximum absolute atomic E-state index is 6.28. The van der Waals surface area contributed by atoms with Crippen LogP contribution < -0.4 is 10.2 Å². The molecule has 1 N–H and O–H groups in total. The summed E-state index contributed by atoms with van der Waals surface area (Å²) in [5.74, 6) is 0.756. The molecule has 0 fully saturated rings. The van der Waals surface area contributed by atoms with Crippen LogP contribution in [0.3, 0.4) is 0 Å². The molecule has 0 radical (unpaired) electrons. The van der Waals surface area contributed by atoms with E-state index in [9.17, 15) is 0 Å². The Balaban J connectivity index is 1.68. The van der Waals surface area contributed by atoms with E-state index in [1.54, 1.807) is 0 Å². The van der Waals surface area contributed by atoms with Gasteiger partial charge in [-0.1, -0.05) is 35.9 Å². The topological polar surface area (TPSA) is 41.1 Å². The lowest BCUT2D eigenvalue weighted by atomic mass is 10.0. The largest absolute Gasteiger partial charge is 0.336 e. The molecule has 3 heterocycles. The van der Waals surface area contributed by atoms with Gasteiger partial charge in [0.15, 0.2) is 0 Å². The fourth-order valence-corrected chi connectivity index (χ4v) is 3.17. The summed E-state index contributed by atoms with van der Waals surface area (Å²) in [6, 6.07) is 8.57. The maximum Gasteiger partial charge on any atom is 0.227 e. The van der Waals surface area contributed by atoms with Crippen LogP contribution in [0.5, 0.6) is 0 Å². The van der Waals surface area contributed by atoms with E-state index in [0.29, 0.717) is 5.15 Å². The molecular formula is C15H15ClN4. The second-order valence-corrected chi connectivity index (χ2v) is 5.64. The Hall–Kier alpha value is -1.65. The summed E-state index contributed by atoms with van der Waals surface area (Å²) in [5.41, 5.74) is 4.88. The number of nitrogens with one attached hydrogen (secondary N) is 1. The molecule has 0 amide bonds. The number of hydrogen-bond acceptors (Lipinski definition) is 4. The first-order chi connectivity index (χ1) is 9.81. The van der Waals surface area contributed by atoms with Crippen molar-refractivity contribution >= 4 is 17.5 Å². The van der Waals surface area contributed by atoms with Crippen LogP contribution in [-0.2, 0) is 26.1 Å². The highest BCUT2D eigenvalue weighted by Gasteiger charge is 2.22. The Bertz CT molecular complexity index is 671. The lowest BCUT2D eigenvalue weighted by molar-refractivity contribution is 0.703. The highest BCUT2D eigenvalue weighted by molar-refractivity contribution is 6.30. The van der Waals surface area contributed by atoms with Crippen molar-refractivity contribution in [3.05, 3.63) is 51.8 Å². The minimum absolute atomic E-state index is 0.592. The van der Waals surface area contributed by atoms with Gasteiger partial charge < -0.3 is 10.2 Å². The molecule has 0 saturated heterocycles. The van der Waals surface area contributed by atoms with Crippen molar-refractivity contribution in [2.45, 2.75) is 26.1 Å². The average Bonchev–Trinajstić information content (AvgIpc) is 2.96. The molecule has 2 aliphatic heterocycles. The van der Waals surface area contributed by atoms with Crippen molar-refractivity contribution in [3.63, 3.8) is 0 Å². The van der Waals surface area contributed by atoms with Crippen LogP contribution in [0.25, 0.3) is 0 Å². The number of anilines is 1. The van der Waals surface area contributed by atoms with Crippen LogP contribution in [0.15, 0.2) is 24.3 Å². The highest BCUT2D eigenvalue weighted by atomic mass is 35.5. The first-order valence-corrected chi connectivity index (χ1v) is 7.27. The van der Waals surface area contributed by atoms with E-state index in [0.717, 1.165) is 49.8 Å². The van der Waals surface area contributed by atoms with Crippen molar-refractivity contribution in [3.8, 4) is 0 Å². The summed E-state index contributed by atoms with van der Waals surface area (Å²) in [7, 11) is 0. The van der Waals surface area contributed by atoms with Crippen molar-refractivity contribution in [1.82, 2.24) is 15.3 Å². The molecule has 102 valence electrons. The molecule has 0 bridgehead atoms. The number of nitrogens with zero attached hydrogens (tertiary/aromatic N) is 3. The van der Waals surface area contributed by atoms with E-state index in [4.69, 9.17) is 11.6 Å². The SMILES string of the molecule is Clc1nc(N2CCc3ccccc3C2)nc2c1CNC2. The molecule has 0 aliphatic carbocycles. The number of fused-ring (bicyclic) bond motifs is 2. The summed E-state index contributed by atoms with van der Waals surface area (Å²) < 4.78 is 0. The van der Waals surface area contributed by atoms with E-state index in [1.165, 1.54) is 11.1 Å². The molecule has 0 spiro atoms. The summed E-state index contributed by atoms with van der Waals surface area (Å²) in [6.45, 7) is 3.37. The van der Waals surface area contributed by atoms with Gasteiger partial charge in [-0.25, -0.2) is 9.97 Å². The third-order valence-electron chi connectivity index (χ3n) is 4.04. The van der Waals surface area contributed by atoms with Gasteiger partial charge in [0, 0.05) is 31.7 Å². The molecule has 2 aromatic rings. The quantitative estimate of drug-likeness (QED) is 0.817. The minimum atomic E-state index is 0.592. The zero-order valence-corrected chi connectivity index (χ0v) is 11.8. The fraction of sp³-hybridized carbons (Fsp3) is 0.333. The third-order valence-corrected chi connectivity index (χ3v) is 4.35. The Morgan fingerprint density at radius 2 is 1.95 bits per heavy atom. The minimum Gasteiger partial charge on any atom is -0.336 e. The number of benzene rings is 1. The Morgan fingerprint density at radius 1 is 1.10 bits per heavy atom. The van der Waals surface area contributed by atoms with Gasteiger partial charge in [0.1, 0.15) is 5.15 Å². The van der Waals surface area contributed by atoms with Gasteiger partial charge in [0.2, 0.25) is 5.95 Å². The van der Waals surface area contributed by atoms with E-state index in [1.807, 2.05) is 0 Å². The van der Waals surface area contributed by atoms with Crippen molar-refractivity contribution < 1.29 is 0 Å². The van der Waals surface area contributed by atoms with E-state index >= 15 is 0 Å². The molecule has 1 aromatic heterocycles. The molecule has 4 rings (SSSR count). The normalized spacial score (nSPS) is 16.9. The summed E-state index contributed by atoms with van der Waals surface area (Å²) >= 11 is 6.28. The van der Waals surface area contributed by atoms with Crippen molar-refractivity contribution in [1.29, 1.82) is 0 Å². The van der Waals surface area contributed by atoms with Crippen molar-refractivity contribution in [2.75, 3.05) is 11.4 Å². The molecule has 0 atom stereocenters. The van der Waals surface area contributed by atoms with Crippen LogP contribution in [0.4, 0.5) is 5.95 Å². The maximum atomic E-state index is 6.28. The second kappa shape index (κ2) is 4.72. The standard InChI is InChI=1S/C15H15ClN4/c16-14-12-7-17-8-13(12)18-15(19-14)20-6-5-10-3-1-2-4-11(10)9-20/h1-4,17H,5-9H2. The van der Waals surface area contributed by atoms with E-state index < -0.39 is 0 Å². The van der Waals surface area contributed by atoms with Crippen LogP contribution >= 0.6 is 11.6 Å². The van der Waals surface area contributed by atoms with Crippen LogP contribution in [-0.4, -0.2) is 16.5 Å². The summed E-state index contributed by atoms with van der Waals surface area (Å²) in [6.07, 6.45) is 1.03. The third kappa shape index (κ3) is 1.96. The van der Waals surface area contributed by atoms with E-state index in [-0.39, 0.29) is 0 Å². The van der Waals surface area contributed by atoms with Crippen LogP contribution in [0.1, 0.15) is 22.4 Å². The van der Waals surface area contributed by atoms with Crippen LogP contribution in [0, 0.1) is 0 Å². The summed E-state index contributed by atoms with van der Waals surface area (Å²) in [5, 5.41) is 3.86. The lowest BCUT2D eigenvalue weighted by Gasteiger charge is -2.29. The number of halogens is 1. The van der Waals surface area contributed by atoms with E-state index in [2.05, 4.69) is 44.5 Å².